The zero-order valence-corrected chi connectivity index (χ0v) is 12.0. The standard InChI is InChI=1S/C13H17ClN2O2.ClH/c14-10-3-5-11(6-4-10)18-8-13(17)16-7-12(15)9-1-2-9;/h3-6,9,12H,1-2,7-8,15H2,(H,16,17);1H. The van der Waals surface area contributed by atoms with Crippen LogP contribution in [0.2, 0.25) is 5.02 Å². The van der Waals surface area contributed by atoms with Gasteiger partial charge in [-0.2, -0.15) is 0 Å². The number of hydrogen-bond donors (Lipinski definition) is 2. The van der Waals surface area contributed by atoms with Crippen LogP contribution in [0.15, 0.2) is 24.3 Å². The zero-order chi connectivity index (χ0) is 13.0. The van der Waals surface area contributed by atoms with Crippen LogP contribution in [0.4, 0.5) is 0 Å². The lowest BCUT2D eigenvalue weighted by molar-refractivity contribution is -0.123. The lowest BCUT2D eigenvalue weighted by atomic mass is 10.2. The number of nitrogens with two attached hydrogens (primary N) is 1. The molecule has 1 aromatic carbocycles. The van der Waals surface area contributed by atoms with E-state index in [-0.39, 0.29) is 31.0 Å². The Morgan fingerprint density at radius 1 is 1.42 bits per heavy atom. The minimum atomic E-state index is -0.152. The third kappa shape index (κ3) is 5.68. The van der Waals surface area contributed by atoms with Crippen molar-refractivity contribution in [2.45, 2.75) is 18.9 Å². The molecule has 0 bridgehead atoms. The molecule has 1 saturated carbocycles. The monoisotopic (exact) mass is 304 g/mol. The van der Waals surface area contributed by atoms with Crippen molar-refractivity contribution in [2.75, 3.05) is 13.2 Å². The van der Waals surface area contributed by atoms with E-state index in [0.717, 1.165) is 0 Å². The predicted octanol–water partition coefficient (Wildman–Crippen LogP) is 1.99. The second-order valence-corrected chi connectivity index (χ2v) is 4.98. The quantitative estimate of drug-likeness (QED) is 0.845. The van der Waals surface area contributed by atoms with E-state index in [1.165, 1.54) is 12.8 Å². The second kappa shape index (κ2) is 7.58. The highest BCUT2D eigenvalue weighted by molar-refractivity contribution is 6.30. The maximum absolute atomic E-state index is 11.5. The molecule has 1 fully saturated rings. The molecule has 0 saturated heterocycles. The summed E-state index contributed by atoms with van der Waals surface area (Å²) in [4.78, 5) is 11.5. The van der Waals surface area contributed by atoms with E-state index in [1.54, 1.807) is 24.3 Å². The molecule has 3 N–H and O–H groups in total. The van der Waals surface area contributed by atoms with Crippen molar-refractivity contribution < 1.29 is 9.53 Å². The van der Waals surface area contributed by atoms with E-state index in [9.17, 15) is 4.79 Å². The van der Waals surface area contributed by atoms with Gasteiger partial charge in [-0.3, -0.25) is 4.79 Å². The molecular formula is C13H18Cl2N2O2. The molecule has 0 spiro atoms. The van der Waals surface area contributed by atoms with Gasteiger partial charge in [0.1, 0.15) is 5.75 Å². The lowest BCUT2D eigenvalue weighted by Gasteiger charge is -2.12. The Morgan fingerprint density at radius 3 is 2.63 bits per heavy atom. The van der Waals surface area contributed by atoms with Crippen LogP contribution in [0.5, 0.6) is 5.75 Å². The van der Waals surface area contributed by atoms with Crippen LogP contribution in [0, 0.1) is 5.92 Å². The van der Waals surface area contributed by atoms with Crippen LogP contribution in [0.1, 0.15) is 12.8 Å². The third-order valence-electron chi connectivity index (χ3n) is 2.95. The lowest BCUT2D eigenvalue weighted by Crippen LogP contribution is -2.40. The van der Waals surface area contributed by atoms with Gasteiger partial charge in [-0.15, -0.1) is 12.4 Å². The molecule has 4 nitrogen and oxygen atoms in total. The number of carbonyl (C=O) groups is 1. The zero-order valence-electron chi connectivity index (χ0n) is 10.5. The molecule has 1 unspecified atom stereocenters. The summed E-state index contributed by atoms with van der Waals surface area (Å²) in [5.41, 5.74) is 5.88. The number of halogens is 2. The van der Waals surface area contributed by atoms with Gasteiger partial charge in [-0.25, -0.2) is 0 Å². The molecular weight excluding hydrogens is 287 g/mol. The van der Waals surface area contributed by atoms with E-state index in [2.05, 4.69) is 5.32 Å². The smallest absolute Gasteiger partial charge is 0.257 e. The van der Waals surface area contributed by atoms with E-state index >= 15 is 0 Å². The summed E-state index contributed by atoms with van der Waals surface area (Å²) in [5, 5.41) is 3.41. The fraction of sp³-hybridized carbons (Fsp3) is 0.462. The molecule has 1 aliphatic carbocycles. The molecule has 0 aromatic heterocycles. The van der Waals surface area contributed by atoms with Crippen LogP contribution in [-0.4, -0.2) is 25.1 Å². The molecule has 1 amide bonds. The molecule has 0 radical (unpaired) electrons. The highest BCUT2D eigenvalue weighted by Gasteiger charge is 2.28. The van der Waals surface area contributed by atoms with E-state index in [0.29, 0.717) is 23.2 Å². The number of rotatable bonds is 6. The second-order valence-electron chi connectivity index (χ2n) is 4.55. The number of ether oxygens (including phenoxy) is 1. The predicted molar refractivity (Wildman–Crippen MR) is 77.9 cm³/mol. The molecule has 2 rings (SSSR count). The largest absolute Gasteiger partial charge is 0.484 e. The normalized spacial score (nSPS) is 15.3. The van der Waals surface area contributed by atoms with Crippen LogP contribution in [0.25, 0.3) is 0 Å². The molecule has 106 valence electrons. The Hall–Kier alpha value is -0.970. The summed E-state index contributed by atoms with van der Waals surface area (Å²) in [6, 6.07) is 6.97. The number of hydrogen-bond acceptors (Lipinski definition) is 3. The first-order valence-electron chi connectivity index (χ1n) is 6.06. The van der Waals surface area contributed by atoms with Crippen molar-refractivity contribution in [3.63, 3.8) is 0 Å². The minimum absolute atomic E-state index is 0. The van der Waals surface area contributed by atoms with Crippen molar-refractivity contribution >= 4 is 29.9 Å². The highest BCUT2D eigenvalue weighted by atomic mass is 35.5. The number of nitrogens with one attached hydrogen (secondary N) is 1. The molecule has 0 aliphatic heterocycles. The molecule has 6 heteroatoms. The van der Waals surface area contributed by atoms with Gasteiger partial charge in [-0.05, 0) is 43.0 Å². The van der Waals surface area contributed by atoms with E-state index in [1.807, 2.05) is 0 Å². The van der Waals surface area contributed by atoms with E-state index in [4.69, 9.17) is 22.1 Å². The molecule has 1 aromatic rings. The summed E-state index contributed by atoms with van der Waals surface area (Å²) in [6.45, 7) is 0.520. The maximum atomic E-state index is 11.5. The van der Waals surface area contributed by atoms with Gasteiger partial charge in [0, 0.05) is 17.6 Å². The Morgan fingerprint density at radius 2 is 2.05 bits per heavy atom. The Bertz CT molecular complexity index is 408. The first-order valence-corrected chi connectivity index (χ1v) is 6.43. The average molecular weight is 305 g/mol. The summed E-state index contributed by atoms with van der Waals surface area (Å²) < 4.78 is 5.32. The topological polar surface area (TPSA) is 64.3 Å². The average Bonchev–Trinajstić information content (AvgIpc) is 3.19. The Labute approximate surface area is 124 Å². The third-order valence-corrected chi connectivity index (χ3v) is 3.20. The fourth-order valence-electron chi connectivity index (χ4n) is 1.65. The van der Waals surface area contributed by atoms with Gasteiger partial charge in [0.05, 0.1) is 0 Å². The van der Waals surface area contributed by atoms with Crippen molar-refractivity contribution in [1.82, 2.24) is 5.32 Å². The van der Waals surface area contributed by atoms with Crippen LogP contribution in [0.3, 0.4) is 0 Å². The summed E-state index contributed by atoms with van der Waals surface area (Å²) in [6.07, 6.45) is 2.36. The van der Waals surface area contributed by atoms with Crippen LogP contribution >= 0.6 is 24.0 Å². The SMILES string of the molecule is Cl.NC(CNC(=O)COc1ccc(Cl)cc1)C1CC1. The minimum Gasteiger partial charge on any atom is -0.484 e. The van der Waals surface area contributed by atoms with Crippen LogP contribution < -0.4 is 15.8 Å². The van der Waals surface area contributed by atoms with E-state index < -0.39 is 0 Å². The van der Waals surface area contributed by atoms with Crippen molar-refractivity contribution in [1.29, 1.82) is 0 Å². The Kier molecular flexibility index (Phi) is 6.42. The van der Waals surface area contributed by atoms with Crippen molar-refractivity contribution in [3.8, 4) is 5.75 Å². The molecule has 19 heavy (non-hydrogen) atoms. The first-order chi connectivity index (χ1) is 8.65. The van der Waals surface area contributed by atoms with Gasteiger partial charge < -0.3 is 15.8 Å². The van der Waals surface area contributed by atoms with Gasteiger partial charge >= 0.3 is 0 Å². The van der Waals surface area contributed by atoms with Gasteiger partial charge in [0.2, 0.25) is 0 Å². The van der Waals surface area contributed by atoms with Crippen molar-refractivity contribution in [3.05, 3.63) is 29.3 Å². The fourth-order valence-corrected chi connectivity index (χ4v) is 1.78. The number of benzene rings is 1. The van der Waals surface area contributed by atoms with Gasteiger partial charge in [0.25, 0.3) is 5.91 Å². The summed E-state index contributed by atoms with van der Waals surface area (Å²) >= 11 is 5.75. The highest BCUT2D eigenvalue weighted by Crippen LogP contribution is 2.31. The van der Waals surface area contributed by atoms with Crippen LogP contribution in [-0.2, 0) is 4.79 Å². The molecule has 1 atom stereocenters. The Balaban J connectivity index is 0.00000180. The summed E-state index contributed by atoms with van der Waals surface area (Å²) in [7, 11) is 0. The number of amides is 1. The summed E-state index contributed by atoms with van der Waals surface area (Å²) in [5.74, 6) is 1.06. The maximum Gasteiger partial charge on any atom is 0.257 e. The van der Waals surface area contributed by atoms with Gasteiger partial charge in [0.15, 0.2) is 6.61 Å². The molecule has 0 heterocycles. The number of carbonyl (C=O) groups excluding carboxylic acids is 1. The first kappa shape index (κ1) is 16.1. The van der Waals surface area contributed by atoms with Gasteiger partial charge in [-0.1, -0.05) is 11.6 Å². The molecule has 1 aliphatic rings. The van der Waals surface area contributed by atoms with Crippen molar-refractivity contribution in [2.24, 2.45) is 11.7 Å².